The normalized spacial score (nSPS) is 12.4. The van der Waals surface area contributed by atoms with Gasteiger partial charge in [0.25, 0.3) is 0 Å². The molecule has 4 aromatic heterocycles. The summed E-state index contributed by atoms with van der Waals surface area (Å²) in [6.45, 7) is 13.7. The van der Waals surface area contributed by atoms with Gasteiger partial charge in [-0.1, -0.05) is 102 Å². The number of thiophene rings is 3. The molecule has 5 heteroatoms. The smallest absolute Gasteiger partial charge is 0.110 e. The first-order chi connectivity index (χ1) is 18.6. The quantitative estimate of drug-likeness (QED) is 0.213. The number of benzene rings is 2. The zero-order valence-corrected chi connectivity index (χ0v) is 25.7. The summed E-state index contributed by atoms with van der Waals surface area (Å²) in [5.41, 5.74) is 6.20. The summed E-state index contributed by atoms with van der Waals surface area (Å²) in [6, 6.07) is 30.0. The lowest BCUT2D eigenvalue weighted by molar-refractivity contribution is 0.603. The highest BCUT2D eigenvalue weighted by Gasteiger charge is 2.25. The molecule has 0 aliphatic carbocycles. The summed E-state index contributed by atoms with van der Waals surface area (Å²) in [4.78, 5) is 18.5. The van der Waals surface area contributed by atoms with Crippen molar-refractivity contribution in [2.75, 3.05) is 0 Å². The van der Waals surface area contributed by atoms with E-state index >= 15 is 0 Å². The van der Waals surface area contributed by atoms with E-state index in [1.54, 1.807) is 0 Å². The van der Waals surface area contributed by atoms with Crippen LogP contribution in [0.4, 0.5) is 0 Å². The average molecular weight is 565 g/mol. The van der Waals surface area contributed by atoms with E-state index < -0.39 is 0 Å². The first-order valence-corrected chi connectivity index (χ1v) is 15.7. The van der Waals surface area contributed by atoms with Crippen LogP contribution in [0, 0.1) is 0 Å². The first-order valence-electron chi connectivity index (χ1n) is 13.3. The van der Waals surface area contributed by atoms with Crippen molar-refractivity contribution in [3.05, 3.63) is 94.7 Å². The van der Waals surface area contributed by atoms with Gasteiger partial charge in [-0.25, -0.2) is 9.97 Å². The maximum atomic E-state index is 5.43. The van der Waals surface area contributed by atoms with Crippen molar-refractivity contribution >= 4 is 45.0 Å². The van der Waals surface area contributed by atoms with Crippen molar-refractivity contribution < 1.29 is 0 Å². The lowest BCUT2D eigenvalue weighted by atomic mass is 9.95. The Kier molecular flexibility index (Phi) is 6.57. The third-order valence-corrected chi connectivity index (χ3v) is 11.3. The van der Waals surface area contributed by atoms with Gasteiger partial charge in [0.15, 0.2) is 0 Å². The lowest BCUT2D eigenvalue weighted by Gasteiger charge is -2.15. The molecule has 0 amide bonds. The number of fused-ring (bicyclic) bond motifs is 1. The molecule has 2 nitrogen and oxygen atoms in total. The number of hydrogen-bond acceptors (Lipinski definition) is 5. The van der Waals surface area contributed by atoms with Crippen molar-refractivity contribution in [3.8, 4) is 42.0 Å². The molecule has 196 valence electrons. The molecule has 0 fully saturated rings. The van der Waals surface area contributed by atoms with E-state index in [2.05, 4.69) is 126 Å². The van der Waals surface area contributed by atoms with Crippen LogP contribution in [0.15, 0.2) is 84.9 Å². The van der Waals surface area contributed by atoms with Gasteiger partial charge in [-0.15, -0.1) is 34.0 Å². The SMILES string of the molecule is CC(C)(C)c1ccc(-c2sc(-c3ccc(C(C)(C)C)s3)c3nc(-c4ccccc4)c(-c4ccccc4)nc23)s1. The first kappa shape index (κ1) is 26.1. The summed E-state index contributed by atoms with van der Waals surface area (Å²) in [5, 5.41) is 0. The van der Waals surface area contributed by atoms with Crippen LogP contribution in [-0.4, -0.2) is 9.97 Å². The lowest BCUT2D eigenvalue weighted by Crippen LogP contribution is -2.07. The van der Waals surface area contributed by atoms with Crippen molar-refractivity contribution in [1.29, 1.82) is 0 Å². The largest absolute Gasteiger partial charge is 0.242 e. The van der Waals surface area contributed by atoms with E-state index in [9.17, 15) is 0 Å². The highest BCUT2D eigenvalue weighted by atomic mass is 32.1. The molecule has 6 aromatic rings. The molecule has 6 rings (SSSR count). The van der Waals surface area contributed by atoms with Gasteiger partial charge in [0, 0.05) is 30.6 Å². The van der Waals surface area contributed by atoms with Crippen molar-refractivity contribution in [2.45, 2.75) is 52.4 Å². The molecule has 0 aliphatic heterocycles. The summed E-state index contributed by atoms with van der Waals surface area (Å²) >= 11 is 5.58. The molecule has 0 saturated heterocycles. The molecule has 0 saturated carbocycles. The second kappa shape index (κ2) is 9.81. The van der Waals surface area contributed by atoms with E-state index in [4.69, 9.17) is 9.97 Å². The number of aromatic nitrogens is 2. The van der Waals surface area contributed by atoms with E-state index in [1.807, 2.05) is 34.0 Å². The van der Waals surface area contributed by atoms with Gasteiger partial charge >= 0.3 is 0 Å². The van der Waals surface area contributed by atoms with Gasteiger partial charge < -0.3 is 0 Å². The Morgan fingerprint density at radius 2 is 0.846 bits per heavy atom. The molecular formula is C34H32N2S3. The topological polar surface area (TPSA) is 25.8 Å². The van der Waals surface area contributed by atoms with E-state index in [1.165, 1.54) is 29.3 Å². The third kappa shape index (κ3) is 5.00. The van der Waals surface area contributed by atoms with Crippen LogP contribution in [0.2, 0.25) is 0 Å². The van der Waals surface area contributed by atoms with Crippen LogP contribution in [0.3, 0.4) is 0 Å². The molecule has 0 N–H and O–H groups in total. The Hall–Kier alpha value is -3.12. The Bertz CT molecular complexity index is 1630. The fourth-order valence-electron chi connectivity index (χ4n) is 4.61. The summed E-state index contributed by atoms with van der Waals surface area (Å²) in [5.74, 6) is 0. The maximum Gasteiger partial charge on any atom is 0.110 e. The third-order valence-electron chi connectivity index (χ3n) is 6.76. The summed E-state index contributed by atoms with van der Waals surface area (Å²) in [7, 11) is 0. The van der Waals surface area contributed by atoms with Gasteiger partial charge in [0.05, 0.1) is 21.1 Å². The van der Waals surface area contributed by atoms with Gasteiger partial charge in [-0.05, 0) is 35.1 Å². The molecular weight excluding hydrogens is 533 g/mol. The fraction of sp³-hybridized carbons (Fsp3) is 0.235. The standard InChI is InChI=1S/C34H32N2S3/c1-33(2,3)25-19-17-23(37-25)31-29-30(32(39-31)24-18-20-26(38-24)34(4,5)6)36-28(22-15-11-8-12-16-22)27(35-29)21-13-9-7-10-14-21/h7-20H,1-6H3. The van der Waals surface area contributed by atoms with Crippen LogP contribution in [0.5, 0.6) is 0 Å². The maximum absolute atomic E-state index is 5.43. The highest BCUT2D eigenvalue weighted by molar-refractivity contribution is 7.28. The van der Waals surface area contributed by atoms with Gasteiger partial charge in [-0.2, -0.15) is 0 Å². The average Bonchev–Trinajstić information content (AvgIpc) is 3.66. The number of rotatable bonds is 4. The monoisotopic (exact) mass is 564 g/mol. The van der Waals surface area contributed by atoms with Gasteiger partial charge in [0.2, 0.25) is 0 Å². The van der Waals surface area contributed by atoms with Crippen molar-refractivity contribution in [1.82, 2.24) is 9.97 Å². The van der Waals surface area contributed by atoms with Crippen LogP contribution in [0.1, 0.15) is 51.3 Å². The predicted molar refractivity (Wildman–Crippen MR) is 172 cm³/mol. The highest BCUT2D eigenvalue weighted by Crippen LogP contribution is 2.49. The van der Waals surface area contributed by atoms with Crippen LogP contribution in [0.25, 0.3) is 53.1 Å². The van der Waals surface area contributed by atoms with Crippen LogP contribution >= 0.6 is 34.0 Å². The second-order valence-corrected chi connectivity index (χ2v) is 15.1. The van der Waals surface area contributed by atoms with E-state index in [0.29, 0.717) is 0 Å². The Balaban J connectivity index is 1.66. The molecule has 4 heterocycles. The molecule has 39 heavy (non-hydrogen) atoms. The van der Waals surface area contributed by atoms with E-state index in [0.717, 1.165) is 33.5 Å². The summed E-state index contributed by atoms with van der Waals surface area (Å²) < 4.78 is 0. The zero-order chi connectivity index (χ0) is 27.4. The van der Waals surface area contributed by atoms with Crippen molar-refractivity contribution in [2.24, 2.45) is 0 Å². The van der Waals surface area contributed by atoms with Gasteiger partial charge in [-0.3, -0.25) is 0 Å². The predicted octanol–water partition coefficient (Wildman–Crippen LogP) is 11.1. The van der Waals surface area contributed by atoms with Crippen LogP contribution < -0.4 is 0 Å². The fourth-order valence-corrected chi connectivity index (χ4v) is 8.13. The molecule has 0 spiro atoms. The number of hydrogen-bond donors (Lipinski definition) is 0. The van der Waals surface area contributed by atoms with Crippen LogP contribution in [-0.2, 0) is 10.8 Å². The molecule has 0 aliphatic rings. The minimum Gasteiger partial charge on any atom is -0.242 e. The van der Waals surface area contributed by atoms with Gasteiger partial charge in [0.1, 0.15) is 11.0 Å². The zero-order valence-electron chi connectivity index (χ0n) is 23.2. The Morgan fingerprint density at radius 3 is 1.18 bits per heavy atom. The van der Waals surface area contributed by atoms with Crippen molar-refractivity contribution in [3.63, 3.8) is 0 Å². The minimum absolute atomic E-state index is 0.107. The van der Waals surface area contributed by atoms with E-state index in [-0.39, 0.29) is 10.8 Å². The molecule has 0 atom stereocenters. The molecule has 2 aromatic carbocycles. The Morgan fingerprint density at radius 1 is 0.462 bits per heavy atom. The minimum atomic E-state index is 0.107. The number of nitrogens with zero attached hydrogens (tertiary/aromatic N) is 2. The molecule has 0 bridgehead atoms. The summed E-state index contributed by atoms with van der Waals surface area (Å²) in [6.07, 6.45) is 0. The molecule has 0 radical (unpaired) electrons. The molecule has 0 unspecified atom stereocenters. The Labute approximate surface area is 243 Å². The second-order valence-electron chi connectivity index (χ2n) is 11.9.